The summed E-state index contributed by atoms with van der Waals surface area (Å²) in [5, 5.41) is 9.15. The molecule has 0 aromatic heterocycles. The summed E-state index contributed by atoms with van der Waals surface area (Å²) in [6.45, 7) is 37.5. The largest absolute Gasteiger partial charge is 0.112 e. The fourth-order valence-electron chi connectivity index (χ4n) is 14.0. The lowest BCUT2D eigenvalue weighted by Crippen LogP contribution is -2.74. The van der Waals surface area contributed by atoms with Crippen LogP contribution < -0.4 is 32.3 Å². The normalized spacial score (nSPS) is 14.4. The van der Waals surface area contributed by atoms with E-state index in [4.69, 9.17) is 92.8 Å². The first-order valence-corrected chi connectivity index (χ1v) is 26.5. The Bertz CT molecular complexity index is 3480. The van der Waals surface area contributed by atoms with Crippen LogP contribution in [0.1, 0.15) is 110 Å². The minimum Gasteiger partial charge on any atom is -0.112 e. The standard InChI is InChI=1S/C52H56B22/c1-19-20(2)25(7)38-34(16)40(31(13)30(12)37(38)24(19)6)42-28(10)23(5)29(11)44-45(42)35(17)39-26(8)21(3)22(4)27(9)43(39)47(44)46-33(15)32(14)41-36(18)49(70(73(61)62)74(63)64)52(69(66-54)72(59)60)51(68(56)71(57)58)48(41)50(46)67(55)65-53/h23,28H,1-18H3. The zero-order chi connectivity index (χ0) is 55.7. The SMILES string of the molecule is [B][B]B(B([B])[B])c1c(B(B([B])[B])B([B])[B])c(C)c2c(C)c(C)c(-c3c4c(c(C)c5c(C)c(C)c(C)c(C)c35)=C(c3c(C)c(C)c5c(C)c(C)c(C)c(C)c5c3C)C(C)C(C)C=4C)c(B([B])[B][B])c2c1B([B])B([B])[B]. The van der Waals surface area contributed by atoms with Crippen LogP contribution in [-0.2, 0) is 0 Å². The maximum absolute atomic E-state index is 7.60. The van der Waals surface area contributed by atoms with Crippen molar-refractivity contribution in [3.63, 3.8) is 0 Å². The number of hydrogen-bond acceptors (Lipinski definition) is 0. The van der Waals surface area contributed by atoms with Crippen molar-refractivity contribution in [2.75, 3.05) is 0 Å². The minimum absolute atomic E-state index is 0.138. The number of hydrogen-bond donors (Lipinski definition) is 0. The quantitative estimate of drug-likeness (QED) is 0.163. The Labute approximate surface area is 467 Å². The van der Waals surface area contributed by atoms with Crippen LogP contribution in [-0.4, -0.2) is 158 Å². The molecule has 0 saturated heterocycles. The Morgan fingerprint density at radius 3 is 1.18 bits per heavy atom. The Morgan fingerprint density at radius 2 is 0.743 bits per heavy atom. The van der Waals surface area contributed by atoms with Crippen LogP contribution in [0.4, 0.5) is 0 Å². The smallest absolute Gasteiger partial charge is 0.0821 e. The van der Waals surface area contributed by atoms with Crippen molar-refractivity contribution in [3.05, 3.63) is 99.5 Å². The van der Waals surface area contributed by atoms with E-state index in [0.29, 0.717) is 16.4 Å². The molecule has 0 N–H and O–H groups in total. The molecule has 0 spiro atoms. The van der Waals surface area contributed by atoms with Gasteiger partial charge in [0.2, 0.25) is 0 Å². The highest BCUT2D eigenvalue weighted by Crippen LogP contribution is 2.45. The van der Waals surface area contributed by atoms with Gasteiger partial charge in [0.05, 0.1) is 26.0 Å². The molecule has 0 nitrogen and oxygen atoms in total. The maximum Gasteiger partial charge on any atom is 0.0821 e. The van der Waals surface area contributed by atoms with E-state index < -0.39 is 51.5 Å². The van der Waals surface area contributed by atoms with Gasteiger partial charge in [-0.05, 0) is 266 Å². The summed E-state index contributed by atoms with van der Waals surface area (Å²) in [7, 11) is 85.0. The van der Waals surface area contributed by atoms with Gasteiger partial charge in [-0.1, -0.05) is 35.9 Å². The molecule has 22 heteroatoms. The molecule has 0 fully saturated rings. The summed E-state index contributed by atoms with van der Waals surface area (Å²) in [4.78, 5) is 0. The van der Waals surface area contributed by atoms with Gasteiger partial charge in [0.15, 0.2) is 0 Å². The average Bonchev–Trinajstić information content (AvgIpc) is 3.33. The summed E-state index contributed by atoms with van der Waals surface area (Å²) >= 11 is 0. The zero-order valence-corrected chi connectivity index (χ0v) is 47.9. The van der Waals surface area contributed by atoms with Gasteiger partial charge in [0.1, 0.15) is 0 Å². The second kappa shape index (κ2) is 21.5. The van der Waals surface area contributed by atoms with Gasteiger partial charge >= 0.3 is 0 Å². The van der Waals surface area contributed by atoms with E-state index >= 15 is 0 Å². The number of fused-ring (bicyclic) bond motifs is 4. The number of rotatable bonds is 12. The number of aryl methyl sites for hydroxylation is 9. The van der Waals surface area contributed by atoms with Crippen molar-refractivity contribution < 1.29 is 0 Å². The molecule has 0 saturated carbocycles. The van der Waals surface area contributed by atoms with Crippen LogP contribution >= 0.6 is 0 Å². The summed E-state index contributed by atoms with van der Waals surface area (Å²) in [5.41, 5.74) is 26.8. The molecule has 0 heterocycles. The first-order valence-electron chi connectivity index (χ1n) is 26.5. The number of benzene rings is 6. The van der Waals surface area contributed by atoms with Crippen LogP contribution in [0.25, 0.3) is 54.6 Å². The van der Waals surface area contributed by atoms with Gasteiger partial charge in [-0.2, -0.15) is 0 Å². The van der Waals surface area contributed by atoms with E-state index in [2.05, 4.69) is 118 Å². The van der Waals surface area contributed by atoms with Crippen molar-refractivity contribution >= 4 is 224 Å². The summed E-state index contributed by atoms with van der Waals surface area (Å²) < 4.78 is 0. The average molecular weight is 919 g/mol. The van der Waals surface area contributed by atoms with Crippen molar-refractivity contribution in [1.82, 2.24) is 0 Å². The van der Waals surface area contributed by atoms with E-state index in [-0.39, 0.29) is 11.8 Å². The third-order valence-corrected chi connectivity index (χ3v) is 19.1. The van der Waals surface area contributed by atoms with Crippen molar-refractivity contribution in [1.29, 1.82) is 0 Å². The highest BCUT2D eigenvalue weighted by Gasteiger charge is 2.39. The first-order chi connectivity index (χ1) is 34.4. The third kappa shape index (κ3) is 8.64. The van der Waals surface area contributed by atoms with Gasteiger partial charge in [-0.25, -0.2) is 0 Å². The van der Waals surface area contributed by atoms with E-state index in [1.807, 2.05) is 6.92 Å². The van der Waals surface area contributed by atoms with Crippen LogP contribution in [0, 0.1) is 116 Å². The van der Waals surface area contributed by atoms with Crippen LogP contribution in [0.2, 0.25) is 0 Å². The summed E-state index contributed by atoms with van der Waals surface area (Å²) in [6.07, 6.45) is -4.12. The summed E-state index contributed by atoms with van der Waals surface area (Å²) in [6, 6.07) is 0. The molecule has 1 aliphatic rings. The maximum atomic E-state index is 7.60. The van der Waals surface area contributed by atoms with Gasteiger partial charge in [-0.3, -0.25) is 0 Å². The molecule has 2 unspecified atom stereocenters. The second-order valence-corrected chi connectivity index (χ2v) is 22.6. The van der Waals surface area contributed by atoms with E-state index in [1.165, 1.54) is 123 Å². The third-order valence-electron chi connectivity index (χ3n) is 19.1. The lowest BCUT2D eigenvalue weighted by molar-refractivity contribution is 0.573. The molecule has 2 atom stereocenters. The molecule has 0 bridgehead atoms. The molecule has 0 amide bonds. The lowest BCUT2D eigenvalue weighted by atomic mass is 8.70. The van der Waals surface area contributed by atoms with Crippen molar-refractivity contribution in [2.24, 2.45) is 11.8 Å². The lowest BCUT2D eigenvalue weighted by Gasteiger charge is -2.39. The minimum atomic E-state index is -1.08. The van der Waals surface area contributed by atoms with Crippen LogP contribution in [0.15, 0.2) is 0 Å². The van der Waals surface area contributed by atoms with E-state index in [1.54, 1.807) is 7.06 Å². The second-order valence-electron chi connectivity index (χ2n) is 22.6. The molecule has 7 rings (SSSR count). The molecular formula is C52H56B22. The monoisotopic (exact) mass is 923 g/mol. The first kappa shape index (κ1) is 58.9. The van der Waals surface area contributed by atoms with Gasteiger partial charge in [0.25, 0.3) is 0 Å². The molecule has 74 heavy (non-hydrogen) atoms. The van der Waals surface area contributed by atoms with Gasteiger partial charge in [-0.15, -0.1) is 10.9 Å². The zero-order valence-electron chi connectivity index (χ0n) is 47.9. The Kier molecular flexibility index (Phi) is 17.1. The predicted molar refractivity (Wildman–Crippen MR) is 356 cm³/mol. The molecule has 0 aliphatic heterocycles. The van der Waals surface area contributed by atoms with Crippen LogP contribution in [0.3, 0.4) is 0 Å². The van der Waals surface area contributed by atoms with Crippen molar-refractivity contribution in [3.8, 4) is 11.1 Å². The highest BCUT2D eigenvalue weighted by molar-refractivity contribution is 7.85. The van der Waals surface area contributed by atoms with Crippen LogP contribution in [0.5, 0.6) is 0 Å². The molecule has 26 radical (unpaired) electrons. The van der Waals surface area contributed by atoms with Gasteiger partial charge in [0, 0.05) is 133 Å². The fraction of sp³-hybridized carbons (Fsp3) is 0.385. The van der Waals surface area contributed by atoms with Gasteiger partial charge < -0.3 is 0 Å². The topological polar surface area (TPSA) is 0 Å². The van der Waals surface area contributed by atoms with Crippen molar-refractivity contribution in [2.45, 2.75) is 125 Å². The van der Waals surface area contributed by atoms with E-state index in [0.717, 1.165) is 44.1 Å². The molecule has 6 aromatic carbocycles. The fourth-order valence-corrected chi connectivity index (χ4v) is 14.0. The van der Waals surface area contributed by atoms with E-state index in [9.17, 15) is 0 Å². The Morgan fingerprint density at radius 1 is 0.324 bits per heavy atom. The highest BCUT2D eigenvalue weighted by atomic mass is 14.4. The molecule has 6 aromatic rings. The predicted octanol–water partition coefficient (Wildman–Crippen LogP) is 1.42. The summed E-state index contributed by atoms with van der Waals surface area (Å²) in [5.74, 6) is 0.291. The molecule has 1 aliphatic carbocycles. The molecule has 330 valence electrons. The Balaban J connectivity index is 1.97. The molecular weight excluding hydrogens is 862 g/mol. The Hall–Kier alpha value is -2.73.